The maximum atomic E-state index is 10.3. The highest BCUT2D eigenvalue weighted by molar-refractivity contribution is 6.32. The normalized spacial score (nSPS) is 26.1. The van der Waals surface area contributed by atoms with Crippen molar-refractivity contribution in [1.82, 2.24) is 5.32 Å². The zero-order valence-corrected chi connectivity index (χ0v) is 4.37. The van der Waals surface area contributed by atoms with Gasteiger partial charge in [-0.2, -0.15) is 4.99 Å². The number of aliphatic imine (C=N–C) groups is 1. The van der Waals surface area contributed by atoms with Crippen LogP contribution in [0.15, 0.2) is 4.99 Å². The molecule has 1 aliphatic rings. The highest BCUT2D eigenvalue weighted by atomic mass is 16.3. The molecule has 5 heteroatoms. The van der Waals surface area contributed by atoms with Gasteiger partial charge >= 0.3 is 6.03 Å². The Bertz CT molecular complexity index is 186. The number of urea groups is 1. The number of rotatable bonds is 0. The third kappa shape index (κ3) is 1.11. The van der Waals surface area contributed by atoms with Gasteiger partial charge < -0.3 is 10.4 Å². The first-order valence-electron chi connectivity index (χ1n) is 2.26. The van der Waals surface area contributed by atoms with Crippen LogP contribution in [0.4, 0.5) is 4.79 Å². The first kappa shape index (κ1) is 5.90. The number of aliphatic hydroxyl groups excluding tert-OH is 1. The molecule has 9 heavy (non-hydrogen) atoms. The van der Waals surface area contributed by atoms with Crippen molar-refractivity contribution in [2.45, 2.75) is 6.23 Å². The number of nitrogens with one attached hydrogen (secondary N) is 1. The first-order valence-corrected chi connectivity index (χ1v) is 2.26. The summed E-state index contributed by atoms with van der Waals surface area (Å²) < 4.78 is 0. The fraction of sp³-hybridized carbons (Fsp3) is 0.250. The fourth-order valence-electron chi connectivity index (χ4n) is 0.418. The summed E-state index contributed by atoms with van der Waals surface area (Å²) in [7, 11) is 0. The number of hydrogen-bond donors (Lipinski definition) is 2. The topological polar surface area (TPSA) is 78.8 Å². The van der Waals surface area contributed by atoms with Gasteiger partial charge in [0.2, 0.25) is 5.78 Å². The Morgan fingerprint density at radius 3 is 2.78 bits per heavy atom. The molecule has 2 N–H and O–H groups in total. The zero-order chi connectivity index (χ0) is 6.85. The predicted molar refractivity (Wildman–Crippen MR) is 28.0 cm³/mol. The highest BCUT2D eigenvalue weighted by Gasteiger charge is 2.19. The number of nitrogens with zero attached hydrogens (tertiary/aromatic N) is 1. The summed E-state index contributed by atoms with van der Waals surface area (Å²) in [5.74, 6) is -0.602. The van der Waals surface area contributed by atoms with E-state index in [0.29, 0.717) is 0 Å². The molecule has 1 atom stereocenters. The SMILES string of the molecule is O=C1N=CC(=O)C(O)N1. The van der Waals surface area contributed by atoms with E-state index >= 15 is 0 Å². The van der Waals surface area contributed by atoms with Crippen molar-refractivity contribution >= 4 is 18.0 Å². The molecular weight excluding hydrogens is 124 g/mol. The second-order valence-corrected chi connectivity index (χ2v) is 1.51. The van der Waals surface area contributed by atoms with Crippen molar-refractivity contribution in [2.24, 2.45) is 4.99 Å². The van der Waals surface area contributed by atoms with Crippen molar-refractivity contribution in [3.63, 3.8) is 0 Å². The van der Waals surface area contributed by atoms with E-state index in [2.05, 4.69) is 4.99 Å². The summed E-state index contributed by atoms with van der Waals surface area (Å²) in [5, 5.41) is 10.5. The molecule has 0 saturated heterocycles. The van der Waals surface area contributed by atoms with Crippen molar-refractivity contribution in [3.8, 4) is 0 Å². The Balaban J connectivity index is 2.76. The predicted octanol–water partition coefficient (Wildman–Crippen LogP) is -1.33. The third-order valence-electron chi connectivity index (χ3n) is 0.839. The summed E-state index contributed by atoms with van der Waals surface area (Å²) in [4.78, 5) is 23.6. The lowest BCUT2D eigenvalue weighted by Gasteiger charge is -2.09. The van der Waals surface area contributed by atoms with E-state index in [0.717, 1.165) is 6.21 Å². The van der Waals surface area contributed by atoms with Crippen LogP contribution in [-0.2, 0) is 4.79 Å². The molecule has 5 nitrogen and oxygen atoms in total. The van der Waals surface area contributed by atoms with Gasteiger partial charge in [0, 0.05) is 0 Å². The molecule has 48 valence electrons. The fourth-order valence-corrected chi connectivity index (χ4v) is 0.418. The minimum Gasteiger partial charge on any atom is -0.367 e. The Labute approximate surface area is 50.4 Å². The number of aliphatic hydroxyl groups is 1. The Hall–Kier alpha value is -1.23. The van der Waals surface area contributed by atoms with Gasteiger partial charge in [-0.3, -0.25) is 4.79 Å². The van der Waals surface area contributed by atoms with Crippen LogP contribution in [0.2, 0.25) is 0 Å². The van der Waals surface area contributed by atoms with Crippen LogP contribution in [0, 0.1) is 0 Å². The minimum absolute atomic E-state index is 0.602. The molecule has 0 aromatic heterocycles. The number of carbonyl (C=O) groups is 2. The van der Waals surface area contributed by atoms with E-state index in [-0.39, 0.29) is 0 Å². The standard InChI is InChI=1S/C4H4N2O3/c7-2-1-5-4(9)6-3(2)8/h1,3,8H,(H,6,9). The molecule has 0 aromatic rings. The van der Waals surface area contributed by atoms with Crippen LogP contribution in [0.25, 0.3) is 0 Å². The number of hydrogen-bond acceptors (Lipinski definition) is 3. The first-order chi connectivity index (χ1) is 4.20. The van der Waals surface area contributed by atoms with Gasteiger partial charge in [-0.25, -0.2) is 4.79 Å². The van der Waals surface area contributed by atoms with Crippen molar-refractivity contribution in [1.29, 1.82) is 0 Å². The summed E-state index contributed by atoms with van der Waals surface area (Å²) in [5.41, 5.74) is 0. The van der Waals surface area contributed by atoms with Gasteiger partial charge in [-0.05, 0) is 0 Å². The smallest absolute Gasteiger partial charge is 0.343 e. The van der Waals surface area contributed by atoms with Crippen LogP contribution in [0.1, 0.15) is 0 Å². The molecule has 0 aliphatic carbocycles. The highest BCUT2D eigenvalue weighted by Crippen LogP contribution is 1.87. The van der Waals surface area contributed by atoms with E-state index in [1.54, 1.807) is 0 Å². The van der Waals surface area contributed by atoms with Gasteiger partial charge in [-0.15, -0.1) is 0 Å². The molecule has 1 heterocycles. The zero-order valence-electron chi connectivity index (χ0n) is 4.37. The molecule has 0 bridgehead atoms. The molecule has 1 rings (SSSR count). The van der Waals surface area contributed by atoms with Crippen LogP contribution >= 0.6 is 0 Å². The summed E-state index contributed by atoms with van der Waals surface area (Å²) in [6.45, 7) is 0. The molecule has 0 aromatic carbocycles. The molecule has 1 aliphatic heterocycles. The second-order valence-electron chi connectivity index (χ2n) is 1.51. The third-order valence-corrected chi connectivity index (χ3v) is 0.839. The van der Waals surface area contributed by atoms with Gasteiger partial charge in [0.25, 0.3) is 0 Å². The van der Waals surface area contributed by atoms with Crippen LogP contribution in [-0.4, -0.2) is 29.4 Å². The van der Waals surface area contributed by atoms with Crippen LogP contribution in [0.5, 0.6) is 0 Å². The molecule has 0 saturated carbocycles. The van der Waals surface area contributed by atoms with Crippen LogP contribution < -0.4 is 5.32 Å². The number of Topliss-reactive ketones (excluding diaryl/α,β-unsaturated/α-hetero) is 1. The maximum absolute atomic E-state index is 10.3. The lowest BCUT2D eigenvalue weighted by molar-refractivity contribution is -0.121. The van der Waals surface area contributed by atoms with E-state index in [1.165, 1.54) is 0 Å². The van der Waals surface area contributed by atoms with E-state index in [9.17, 15) is 9.59 Å². The molecule has 1 unspecified atom stereocenters. The summed E-state index contributed by atoms with van der Waals surface area (Å²) in [6, 6.07) is -0.693. The van der Waals surface area contributed by atoms with Crippen molar-refractivity contribution < 1.29 is 14.7 Å². The molecule has 2 amide bonds. The van der Waals surface area contributed by atoms with E-state index in [1.807, 2.05) is 5.32 Å². The minimum atomic E-state index is -1.41. The Morgan fingerprint density at radius 2 is 2.33 bits per heavy atom. The maximum Gasteiger partial charge on any atom is 0.343 e. The summed E-state index contributed by atoms with van der Waals surface area (Å²) in [6.07, 6.45) is -0.612. The average molecular weight is 128 g/mol. The molecule has 0 spiro atoms. The molecule has 0 radical (unpaired) electrons. The van der Waals surface area contributed by atoms with Gasteiger partial charge in [0.05, 0.1) is 6.21 Å². The number of amides is 2. The Morgan fingerprint density at radius 1 is 1.67 bits per heavy atom. The average Bonchev–Trinajstić information content (AvgIpc) is 1.80. The largest absolute Gasteiger partial charge is 0.367 e. The molecular formula is C4H4N2O3. The molecule has 0 fully saturated rings. The number of carbonyl (C=O) groups excluding carboxylic acids is 2. The van der Waals surface area contributed by atoms with Gasteiger partial charge in [0.1, 0.15) is 0 Å². The van der Waals surface area contributed by atoms with Gasteiger partial charge in [-0.1, -0.05) is 0 Å². The number of ketones is 1. The van der Waals surface area contributed by atoms with E-state index in [4.69, 9.17) is 5.11 Å². The quantitative estimate of drug-likeness (QED) is 0.424. The van der Waals surface area contributed by atoms with E-state index < -0.39 is 18.0 Å². The Kier molecular flexibility index (Phi) is 1.27. The second kappa shape index (κ2) is 1.94. The monoisotopic (exact) mass is 128 g/mol. The van der Waals surface area contributed by atoms with Gasteiger partial charge in [0.15, 0.2) is 6.23 Å². The van der Waals surface area contributed by atoms with Crippen LogP contribution in [0.3, 0.4) is 0 Å². The summed E-state index contributed by atoms with van der Waals surface area (Å²) >= 11 is 0. The lowest BCUT2D eigenvalue weighted by Crippen LogP contribution is -2.43. The lowest BCUT2D eigenvalue weighted by atomic mass is 10.3. The van der Waals surface area contributed by atoms with Crippen molar-refractivity contribution in [3.05, 3.63) is 0 Å². The van der Waals surface area contributed by atoms with Crippen molar-refractivity contribution in [2.75, 3.05) is 0 Å².